The third kappa shape index (κ3) is 2.30. The topological polar surface area (TPSA) is 21.5 Å². The second-order valence-electron chi connectivity index (χ2n) is 7.00. The van der Waals surface area contributed by atoms with Gasteiger partial charge in [0, 0.05) is 18.6 Å². The van der Waals surface area contributed by atoms with Crippen LogP contribution in [-0.2, 0) is 14.9 Å². The molecule has 3 nitrogen and oxygen atoms in total. The van der Waals surface area contributed by atoms with Crippen molar-refractivity contribution in [3.8, 4) is 0 Å². The molecule has 120 valence electrons. The van der Waals surface area contributed by atoms with Gasteiger partial charge in [-0.1, -0.05) is 24.3 Å². The van der Waals surface area contributed by atoms with Gasteiger partial charge in [0.25, 0.3) is 0 Å². The number of ether oxygens (including phenoxy) is 2. The fraction of sp³-hybridized carbons (Fsp3) is 0.450. The summed E-state index contributed by atoms with van der Waals surface area (Å²) in [5, 5.41) is 2.68. The van der Waals surface area contributed by atoms with E-state index >= 15 is 0 Å². The molecular formula is C20H24NO2+. The molecule has 2 aliphatic rings. The molecule has 2 aromatic rings. The average Bonchev–Trinajstić information content (AvgIpc) is 3.13. The molecule has 0 bridgehead atoms. The van der Waals surface area contributed by atoms with E-state index in [-0.39, 0.29) is 11.7 Å². The van der Waals surface area contributed by atoms with Crippen LogP contribution in [0.2, 0.25) is 0 Å². The quantitative estimate of drug-likeness (QED) is 0.799. The Kier molecular flexibility index (Phi) is 3.51. The monoisotopic (exact) mass is 310 g/mol. The minimum absolute atomic E-state index is 0.0459. The van der Waals surface area contributed by atoms with E-state index < -0.39 is 0 Å². The lowest BCUT2D eigenvalue weighted by Crippen LogP contribution is -2.27. The summed E-state index contributed by atoms with van der Waals surface area (Å²) in [6.45, 7) is 9.29. The first-order valence-corrected chi connectivity index (χ1v) is 8.46. The minimum Gasteiger partial charge on any atom is -0.350 e. The summed E-state index contributed by atoms with van der Waals surface area (Å²) in [5.74, 6) is 0. The van der Waals surface area contributed by atoms with E-state index in [0.717, 1.165) is 26.2 Å². The molecule has 0 atom stereocenters. The van der Waals surface area contributed by atoms with Gasteiger partial charge in [-0.3, -0.25) is 0 Å². The predicted octanol–water partition coefficient (Wildman–Crippen LogP) is 4.00. The highest BCUT2D eigenvalue weighted by atomic mass is 16.7. The molecule has 1 saturated heterocycles. The van der Waals surface area contributed by atoms with Gasteiger partial charge in [-0.25, -0.2) is 0 Å². The van der Waals surface area contributed by atoms with Gasteiger partial charge in [0.15, 0.2) is 18.5 Å². The molecule has 0 aliphatic carbocycles. The highest BCUT2D eigenvalue weighted by molar-refractivity contribution is 6.01. The molecule has 2 aromatic carbocycles. The fourth-order valence-electron chi connectivity index (χ4n) is 3.94. The number of nitrogens with zero attached hydrogens (tertiary/aromatic N) is 1. The third-order valence-electron chi connectivity index (χ3n) is 5.41. The lowest BCUT2D eigenvalue weighted by molar-refractivity contribution is -0.443. The van der Waals surface area contributed by atoms with E-state index in [0.29, 0.717) is 0 Å². The van der Waals surface area contributed by atoms with Crippen LogP contribution in [0.25, 0.3) is 10.8 Å². The van der Waals surface area contributed by atoms with Crippen molar-refractivity contribution in [1.29, 1.82) is 0 Å². The largest absolute Gasteiger partial charge is 0.350 e. The van der Waals surface area contributed by atoms with Crippen molar-refractivity contribution < 1.29 is 14.0 Å². The van der Waals surface area contributed by atoms with Crippen LogP contribution in [0.4, 0.5) is 5.69 Å². The van der Waals surface area contributed by atoms with E-state index in [9.17, 15) is 0 Å². The molecule has 4 rings (SSSR count). The molecular weight excluding hydrogens is 286 g/mol. The van der Waals surface area contributed by atoms with Crippen LogP contribution in [0.3, 0.4) is 0 Å². The summed E-state index contributed by atoms with van der Waals surface area (Å²) < 4.78 is 13.7. The van der Waals surface area contributed by atoms with Crippen LogP contribution in [0, 0.1) is 0 Å². The Labute approximate surface area is 137 Å². The highest BCUT2D eigenvalue weighted by Gasteiger charge is 2.44. The summed E-state index contributed by atoms with van der Waals surface area (Å²) in [5.41, 5.74) is 4.24. The van der Waals surface area contributed by atoms with Crippen molar-refractivity contribution in [3.05, 3.63) is 42.0 Å². The summed E-state index contributed by atoms with van der Waals surface area (Å²) in [6.07, 6.45) is 0.857. The van der Waals surface area contributed by atoms with E-state index in [2.05, 4.69) is 61.7 Å². The summed E-state index contributed by atoms with van der Waals surface area (Å²) in [7, 11) is 0. The molecule has 2 heterocycles. The van der Waals surface area contributed by atoms with Gasteiger partial charge in [0.05, 0.1) is 25.0 Å². The van der Waals surface area contributed by atoms with Crippen LogP contribution >= 0.6 is 0 Å². The second kappa shape index (κ2) is 5.43. The van der Waals surface area contributed by atoms with Gasteiger partial charge in [-0.05, 0) is 30.7 Å². The zero-order valence-electron chi connectivity index (χ0n) is 14.1. The molecule has 0 amide bonds. The minimum atomic E-state index is -0.0459. The van der Waals surface area contributed by atoms with E-state index in [1.165, 1.54) is 27.7 Å². The molecule has 2 aliphatic heterocycles. The molecule has 0 N–H and O–H groups in total. The first-order valence-electron chi connectivity index (χ1n) is 8.46. The van der Waals surface area contributed by atoms with E-state index in [4.69, 9.17) is 9.47 Å². The first-order chi connectivity index (χ1) is 11.1. The van der Waals surface area contributed by atoms with Crippen LogP contribution in [0.5, 0.6) is 0 Å². The zero-order chi connectivity index (χ0) is 16.0. The Hall–Kier alpha value is -1.71. The molecule has 1 fully saturated rings. The van der Waals surface area contributed by atoms with Crippen LogP contribution in [0.1, 0.15) is 32.8 Å². The number of benzene rings is 2. The Morgan fingerprint density at radius 2 is 1.83 bits per heavy atom. The molecule has 23 heavy (non-hydrogen) atoms. The average molecular weight is 310 g/mol. The van der Waals surface area contributed by atoms with Crippen molar-refractivity contribution in [2.45, 2.75) is 38.9 Å². The zero-order valence-corrected chi connectivity index (χ0v) is 14.1. The normalized spacial score (nSPS) is 20.5. The number of fused-ring (bicyclic) bond motifs is 3. The summed E-state index contributed by atoms with van der Waals surface area (Å²) >= 11 is 0. The van der Waals surface area contributed by atoms with Gasteiger partial charge >= 0.3 is 0 Å². The van der Waals surface area contributed by atoms with Crippen LogP contribution < -0.4 is 0 Å². The number of hydrogen-bond donors (Lipinski definition) is 0. The molecule has 0 aromatic heterocycles. The second-order valence-corrected chi connectivity index (χ2v) is 7.00. The van der Waals surface area contributed by atoms with E-state index in [1.807, 2.05) is 0 Å². The highest BCUT2D eigenvalue weighted by Crippen LogP contribution is 2.43. The fourth-order valence-corrected chi connectivity index (χ4v) is 3.94. The third-order valence-corrected chi connectivity index (χ3v) is 5.41. The lowest BCUT2D eigenvalue weighted by atomic mass is 9.80. The van der Waals surface area contributed by atoms with Gasteiger partial charge < -0.3 is 9.47 Å². The molecule has 3 heteroatoms. The standard InChI is InChI=1S/C20H24NO2/c1-14-20(2,3)19-16-7-5-4-6-15(16)8-9-17(19)21(14)11-10-18-22-12-13-23-18/h4-9,18H,10-13H2,1-3H3/q+1. The maximum Gasteiger partial charge on any atom is 0.210 e. The Balaban J connectivity index is 1.76. The van der Waals surface area contributed by atoms with Crippen molar-refractivity contribution in [3.63, 3.8) is 0 Å². The number of hydrogen-bond acceptors (Lipinski definition) is 2. The maximum absolute atomic E-state index is 5.60. The SMILES string of the molecule is CC1=[N+](CCC2OCCO2)c2ccc3ccccc3c2C1(C)C. The van der Waals surface area contributed by atoms with Crippen molar-refractivity contribution in [2.75, 3.05) is 19.8 Å². The van der Waals surface area contributed by atoms with E-state index in [1.54, 1.807) is 0 Å². The summed E-state index contributed by atoms with van der Waals surface area (Å²) in [6, 6.07) is 13.2. The molecule has 0 saturated carbocycles. The van der Waals surface area contributed by atoms with Crippen LogP contribution in [0.15, 0.2) is 36.4 Å². The van der Waals surface area contributed by atoms with Gasteiger partial charge in [-0.2, -0.15) is 4.58 Å². The van der Waals surface area contributed by atoms with Gasteiger partial charge in [-0.15, -0.1) is 0 Å². The Bertz CT molecular complexity index is 785. The van der Waals surface area contributed by atoms with Crippen molar-refractivity contribution in [2.24, 2.45) is 0 Å². The summed E-state index contributed by atoms with van der Waals surface area (Å²) in [4.78, 5) is 0. The molecule has 0 unspecified atom stereocenters. The van der Waals surface area contributed by atoms with Crippen molar-refractivity contribution in [1.82, 2.24) is 0 Å². The maximum atomic E-state index is 5.60. The smallest absolute Gasteiger partial charge is 0.210 e. The lowest BCUT2D eigenvalue weighted by Gasteiger charge is -2.17. The predicted molar refractivity (Wildman–Crippen MR) is 92.8 cm³/mol. The Morgan fingerprint density at radius 1 is 1.09 bits per heavy atom. The van der Waals surface area contributed by atoms with Gasteiger partial charge in [0.1, 0.15) is 0 Å². The van der Waals surface area contributed by atoms with Gasteiger partial charge in [0.2, 0.25) is 5.69 Å². The Morgan fingerprint density at radius 3 is 2.61 bits per heavy atom. The molecule has 0 spiro atoms. The molecule has 0 radical (unpaired) electrons. The van der Waals surface area contributed by atoms with Crippen LogP contribution in [-0.4, -0.2) is 36.3 Å². The number of rotatable bonds is 3. The first kappa shape index (κ1) is 14.9. The van der Waals surface area contributed by atoms with Crippen molar-refractivity contribution >= 4 is 22.2 Å².